The Morgan fingerprint density at radius 1 is 1.07 bits per heavy atom. The minimum Gasteiger partial charge on any atom is -0.452 e. The van der Waals surface area contributed by atoms with E-state index in [1.54, 1.807) is 11.0 Å². The first-order valence-electron chi connectivity index (χ1n) is 9.64. The molecule has 3 rings (SSSR count). The van der Waals surface area contributed by atoms with Crippen LogP contribution in [0.3, 0.4) is 0 Å². The van der Waals surface area contributed by atoms with Crippen molar-refractivity contribution in [2.75, 3.05) is 6.61 Å². The van der Waals surface area contributed by atoms with Crippen molar-refractivity contribution in [2.45, 2.75) is 51.6 Å². The molecule has 2 heterocycles. The molecule has 6 heteroatoms. The zero-order valence-corrected chi connectivity index (χ0v) is 17.3. The lowest BCUT2D eigenvalue weighted by molar-refractivity contribution is -0.161. The summed E-state index contributed by atoms with van der Waals surface area (Å²) in [5.74, 6) is -0.790. The number of pyridine rings is 1. The highest BCUT2D eigenvalue weighted by Gasteiger charge is 2.47. The highest BCUT2D eigenvalue weighted by molar-refractivity contribution is 5.91. The number of amides is 1. The Hall–Kier alpha value is -3.02. The Morgan fingerprint density at radius 3 is 2.41 bits per heavy atom. The Balaban J connectivity index is 1.62. The molecule has 0 radical (unpaired) electrons. The number of carbonyl (C=O) groups excluding carboxylic acids is 3. The number of hydrogen-bond acceptors (Lipinski definition) is 5. The quantitative estimate of drug-likeness (QED) is 0.586. The summed E-state index contributed by atoms with van der Waals surface area (Å²) in [5.41, 5.74) is 0.228. The maximum atomic E-state index is 12.8. The topological polar surface area (TPSA) is 76.6 Å². The molecule has 1 aromatic heterocycles. The maximum Gasteiger partial charge on any atom is 0.331 e. The molecular formula is C23H26N2O4. The van der Waals surface area contributed by atoms with E-state index in [2.05, 4.69) is 4.98 Å². The average Bonchev–Trinajstić information content (AvgIpc) is 2.62. The number of piperidine rings is 1. The second kappa shape index (κ2) is 7.78. The van der Waals surface area contributed by atoms with E-state index < -0.39 is 17.0 Å². The molecule has 1 aliphatic heterocycles. The summed E-state index contributed by atoms with van der Waals surface area (Å²) in [6, 6.07) is 11.4. The van der Waals surface area contributed by atoms with E-state index in [4.69, 9.17) is 4.74 Å². The van der Waals surface area contributed by atoms with Gasteiger partial charge in [-0.1, -0.05) is 24.3 Å². The van der Waals surface area contributed by atoms with Gasteiger partial charge >= 0.3 is 5.97 Å². The number of ether oxygens (including phenoxy) is 1. The normalized spacial score (nSPS) is 18.2. The molecule has 29 heavy (non-hydrogen) atoms. The van der Waals surface area contributed by atoms with E-state index in [0.717, 1.165) is 10.9 Å². The second-order valence-corrected chi connectivity index (χ2v) is 8.62. The summed E-state index contributed by atoms with van der Waals surface area (Å²) >= 11 is 0. The van der Waals surface area contributed by atoms with E-state index in [9.17, 15) is 14.4 Å². The number of esters is 1. The van der Waals surface area contributed by atoms with E-state index in [1.807, 2.05) is 64.1 Å². The zero-order chi connectivity index (χ0) is 21.2. The van der Waals surface area contributed by atoms with E-state index in [0.29, 0.717) is 18.5 Å². The van der Waals surface area contributed by atoms with Gasteiger partial charge in [-0.25, -0.2) is 9.78 Å². The largest absolute Gasteiger partial charge is 0.452 e. The Bertz CT molecular complexity index is 971. The molecule has 1 fully saturated rings. The van der Waals surface area contributed by atoms with Crippen LogP contribution in [0.15, 0.2) is 42.5 Å². The van der Waals surface area contributed by atoms with Gasteiger partial charge in [-0.05, 0) is 45.9 Å². The fraction of sp³-hybridized carbons (Fsp3) is 0.391. The number of ketones is 1. The summed E-state index contributed by atoms with van der Waals surface area (Å²) in [5, 5.41) is 1.02. The third kappa shape index (κ3) is 4.70. The molecule has 2 aromatic rings. The Labute approximate surface area is 170 Å². The van der Waals surface area contributed by atoms with Crippen LogP contribution in [0, 0.1) is 0 Å². The van der Waals surface area contributed by atoms with Gasteiger partial charge in [-0.3, -0.25) is 9.59 Å². The van der Waals surface area contributed by atoms with Crippen LogP contribution in [-0.2, 0) is 19.1 Å². The number of hydrogen-bond donors (Lipinski definition) is 0. The fourth-order valence-corrected chi connectivity index (χ4v) is 4.25. The molecule has 0 spiro atoms. The molecule has 0 unspecified atom stereocenters. The van der Waals surface area contributed by atoms with Crippen LogP contribution in [0.1, 0.15) is 46.2 Å². The standard InChI is InChI=1S/C23H26N2O4/c1-22(2)13-18(26)14-23(3,4)25(22)20(27)15-29-21(28)12-11-17-10-9-16-7-5-6-8-19(16)24-17/h5-12H,13-15H2,1-4H3/b12-11+. The van der Waals surface area contributed by atoms with Crippen molar-refractivity contribution < 1.29 is 19.1 Å². The van der Waals surface area contributed by atoms with Gasteiger partial charge in [0, 0.05) is 35.4 Å². The molecule has 6 nitrogen and oxygen atoms in total. The summed E-state index contributed by atoms with van der Waals surface area (Å²) in [7, 11) is 0. The zero-order valence-electron chi connectivity index (χ0n) is 17.3. The fourth-order valence-electron chi connectivity index (χ4n) is 4.25. The van der Waals surface area contributed by atoms with Gasteiger partial charge in [0.1, 0.15) is 5.78 Å². The maximum absolute atomic E-state index is 12.8. The van der Waals surface area contributed by atoms with Crippen molar-refractivity contribution in [3.63, 3.8) is 0 Å². The number of nitrogens with zero attached hydrogens (tertiary/aromatic N) is 2. The number of likely N-dealkylation sites (tertiary alicyclic amines) is 1. The molecule has 1 saturated heterocycles. The molecule has 0 bridgehead atoms. The second-order valence-electron chi connectivity index (χ2n) is 8.62. The van der Waals surface area contributed by atoms with Gasteiger partial charge in [-0.15, -0.1) is 0 Å². The molecule has 152 valence electrons. The minimum atomic E-state index is -0.618. The average molecular weight is 394 g/mol. The van der Waals surface area contributed by atoms with Crippen molar-refractivity contribution in [1.29, 1.82) is 0 Å². The lowest BCUT2D eigenvalue weighted by atomic mass is 9.79. The number of aromatic nitrogens is 1. The van der Waals surface area contributed by atoms with Crippen LogP contribution in [0.25, 0.3) is 17.0 Å². The Morgan fingerprint density at radius 2 is 1.72 bits per heavy atom. The molecule has 0 saturated carbocycles. The van der Waals surface area contributed by atoms with Crippen LogP contribution in [-0.4, -0.2) is 45.2 Å². The molecule has 1 aliphatic rings. The first-order chi connectivity index (χ1) is 13.6. The number of para-hydroxylation sites is 1. The van der Waals surface area contributed by atoms with Crippen molar-refractivity contribution in [1.82, 2.24) is 9.88 Å². The summed E-state index contributed by atoms with van der Waals surface area (Å²) in [6.07, 6.45) is 3.42. The van der Waals surface area contributed by atoms with Gasteiger partial charge < -0.3 is 9.64 Å². The first-order valence-corrected chi connectivity index (χ1v) is 9.64. The highest BCUT2D eigenvalue weighted by Crippen LogP contribution is 2.36. The van der Waals surface area contributed by atoms with Gasteiger partial charge in [0.2, 0.25) is 0 Å². The molecular weight excluding hydrogens is 368 g/mol. The van der Waals surface area contributed by atoms with Gasteiger partial charge in [0.15, 0.2) is 6.61 Å². The SMILES string of the molecule is CC1(C)CC(=O)CC(C)(C)N1C(=O)COC(=O)/C=C/c1ccc2ccccc2n1. The molecule has 1 aromatic carbocycles. The molecule has 0 atom stereocenters. The number of carbonyl (C=O) groups is 3. The first kappa shape index (κ1) is 20.7. The lowest BCUT2D eigenvalue weighted by Crippen LogP contribution is -2.63. The summed E-state index contributed by atoms with van der Waals surface area (Å²) in [6.45, 7) is 7.07. The molecule has 1 amide bonds. The van der Waals surface area contributed by atoms with E-state index in [-0.39, 0.29) is 18.3 Å². The van der Waals surface area contributed by atoms with Gasteiger partial charge in [-0.2, -0.15) is 0 Å². The predicted molar refractivity (Wildman–Crippen MR) is 111 cm³/mol. The highest BCUT2D eigenvalue weighted by atomic mass is 16.5. The van der Waals surface area contributed by atoms with Crippen LogP contribution in [0.5, 0.6) is 0 Å². The summed E-state index contributed by atoms with van der Waals surface area (Å²) < 4.78 is 5.15. The predicted octanol–water partition coefficient (Wildman–Crippen LogP) is 3.54. The van der Waals surface area contributed by atoms with Gasteiger partial charge in [0.05, 0.1) is 11.2 Å². The van der Waals surface area contributed by atoms with Crippen LogP contribution < -0.4 is 0 Å². The van der Waals surface area contributed by atoms with Crippen LogP contribution in [0.2, 0.25) is 0 Å². The van der Waals surface area contributed by atoms with Crippen molar-refractivity contribution in [3.8, 4) is 0 Å². The monoisotopic (exact) mass is 394 g/mol. The third-order valence-electron chi connectivity index (χ3n) is 5.07. The number of benzene rings is 1. The summed E-state index contributed by atoms with van der Waals surface area (Å²) in [4.78, 5) is 43.0. The third-order valence-corrected chi connectivity index (χ3v) is 5.07. The van der Waals surface area contributed by atoms with Crippen molar-refractivity contribution >= 4 is 34.6 Å². The minimum absolute atomic E-state index is 0.131. The smallest absolute Gasteiger partial charge is 0.331 e. The van der Waals surface area contributed by atoms with Crippen LogP contribution >= 0.6 is 0 Å². The number of Topliss-reactive ketones (excluding diaryl/α,β-unsaturated/α-hetero) is 1. The lowest BCUT2D eigenvalue weighted by Gasteiger charge is -2.51. The van der Waals surface area contributed by atoms with Gasteiger partial charge in [0.25, 0.3) is 5.91 Å². The Kier molecular flexibility index (Phi) is 5.55. The molecule has 0 N–H and O–H groups in total. The van der Waals surface area contributed by atoms with Crippen molar-refractivity contribution in [2.24, 2.45) is 0 Å². The van der Waals surface area contributed by atoms with E-state index in [1.165, 1.54) is 6.08 Å². The van der Waals surface area contributed by atoms with Crippen molar-refractivity contribution in [3.05, 3.63) is 48.2 Å². The van der Waals surface area contributed by atoms with E-state index >= 15 is 0 Å². The number of rotatable bonds is 4. The number of fused-ring (bicyclic) bond motifs is 1. The molecule has 0 aliphatic carbocycles. The van der Waals surface area contributed by atoms with Crippen LogP contribution in [0.4, 0.5) is 0 Å².